The number of carbonyl (C=O) groups is 3. The zero-order chi connectivity index (χ0) is 23.5. The van der Waals surface area contributed by atoms with Crippen LogP contribution in [-0.4, -0.2) is 37.0 Å². The molecule has 2 aromatic rings. The van der Waals surface area contributed by atoms with Crippen LogP contribution in [0.15, 0.2) is 54.6 Å². The summed E-state index contributed by atoms with van der Waals surface area (Å²) >= 11 is 0. The standard InChI is InChI=1S/C25H32N2O5/c1-17(2)13-22(26-18(3)28)24(29)27-23(25(30)31-4)15-20-11-8-12-21(14-20)32-16-19-9-6-5-7-10-19/h5-12,14,17,22-23H,13,15-16H2,1-4H3,(H,26,28)(H,27,29)/t22-,23-/m0/s1. The highest BCUT2D eigenvalue weighted by Gasteiger charge is 2.27. The fourth-order valence-corrected chi connectivity index (χ4v) is 3.29. The number of benzene rings is 2. The number of ether oxygens (including phenoxy) is 2. The second-order valence-corrected chi connectivity index (χ2v) is 8.09. The van der Waals surface area contributed by atoms with Crippen LogP contribution in [0.4, 0.5) is 0 Å². The van der Waals surface area contributed by atoms with E-state index in [9.17, 15) is 14.4 Å². The van der Waals surface area contributed by atoms with Gasteiger partial charge >= 0.3 is 5.97 Å². The molecule has 172 valence electrons. The molecular formula is C25H32N2O5. The zero-order valence-electron chi connectivity index (χ0n) is 19.1. The minimum Gasteiger partial charge on any atom is -0.489 e. The fourth-order valence-electron chi connectivity index (χ4n) is 3.29. The van der Waals surface area contributed by atoms with E-state index in [0.717, 1.165) is 11.1 Å². The molecule has 0 spiro atoms. The molecule has 0 bridgehead atoms. The summed E-state index contributed by atoms with van der Waals surface area (Å²) in [5.41, 5.74) is 1.86. The lowest BCUT2D eigenvalue weighted by Crippen LogP contribution is -2.52. The highest BCUT2D eigenvalue weighted by molar-refractivity contribution is 5.90. The lowest BCUT2D eigenvalue weighted by atomic mass is 10.0. The maximum atomic E-state index is 12.8. The quantitative estimate of drug-likeness (QED) is 0.524. The molecule has 0 saturated carbocycles. The van der Waals surface area contributed by atoms with E-state index in [0.29, 0.717) is 18.8 Å². The van der Waals surface area contributed by atoms with Crippen LogP contribution in [0.5, 0.6) is 5.75 Å². The Morgan fingerprint density at radius 1 is 0.906 bits per heavy atom. The lowest BCUT2D eigenvalue weighted by Gasteiger charge is -2.23. The van der Waals surface area contributed by atoms with Gasteiger partial charge in [-0.1, -0.05) is 56.3 Å². The number of hydrogen-bond acceptors (Lipinski definition) is 5. The number of amides is 2. The van der Waals surface area contributed by atoms with E-state index in [2.05, 4.69) is 10.6 Å². The van der Waals surface area contributed by atoms with Gasteiger partial charge in [0.25, 0.3) is 0 Å². The Labute approximate surface area is 189 Å². The van der Waals surface area contributed by atoms with Crippen LogP contribution < -0.4 is 15.4 Å². The molecule has 2 amide bonds. The van der Waals surface area contributed by atoms with Crippen molar-refractivity contribution in [2.24, 2.45) is 5.92 Å². The van der Waals surface area contributed by atoms with Gasteiger partial charge in [0, 0.05) is 13.3 Å². The Kier molecular flexibility index (Phi) is 9.73. The van der Waals surface area contributed by atoms with Crippen LogP contribution in [0.25, 0.3) is 0 Å². The first-order chi connectivity index (χ1) is 15.3. The van der Waals surface area contributed by atoms with Gasteiger partial charge in [0.1, 0.15) is 24.4 Å². The van der Waals surface area contributed by atoms with Crippen LogP contribution in [0.3, 0.4) is 0 Å². The molecule has 0 aliphatic rings. The molecule has 0 aliphatic carbocycles. The Morgan fingerprint density at radius 2 is 1.59 bits per heavy atom. The van der Waals surface area contributed by atoms with Crippen molar-refractivity contribution in [3.05, 3.63) is 65.7 Å². The van der Waals surface area contributed by atoms with E-state index in [1.54, 1.807) is 0 Å². The molecule has 0 saturated heterocycles. The molecule has 2 N–H and O–H groups in total. The van der Waals surface area contributed by atoms with Crippen LogP contribution >= 0.6 is 0 Å². The first kappa shape index (κ1) is 24.9. The summed E-state index contributed by atoms with van der Waals surface area (Å²) in [7, 11) is 1.28. The molecule has 0 unspecified atom stereocenters. The van der Waals surface area contributed by atoms with Crippen molar-refractivity contribution in [2.75, 3.05) is 7.11 Å². The van der Waals surface area contributed by atoms with Crippen molar-refractivity contribution >= 4 is 17.8 Å². The van der Waals surface area contributed by atoms with E-state index in [1.807, 2.05) is 68.4 Å². The number of carbonyl (C=O) groups excluding carboxylic acids is 3. The molecule has 2 aromatic carbocycles. The molecule has 32 heavy (non-hydrogen) atoms. The van der Waals surface area contributed by atoms with Gasteiger partial charge in [-0.05, 0) is 35.6 Å². The third kappa shape index (κ3) is 8.41. The molecule has 7 nitrogen and oxygen atoms in total. The number of esters is 1. The van der Waals surface area contributed by atoms with Gasteiger partial charge < -0.3 is 20.1 Å². The summed E-state index contributed by atoms with van der Waals surface area (Å²) in [6.45, 7) is 5.70. The first-order valence-electron chi connectivity index (χ1n) is 10.7. The second kappa shape index (κ2) is 12.5. The van der Waals surface area contributed by atoms with Crippen molar-refractivity contribution in [1.82, 2.24) is 10.6 Å². The predicted octanol–water partition coefficient (Wildman–Crippen LogP) is 3.02. The van der Waals surface area contributed by atoms with Crippen LogP contribution in [-0.2, 0) is 32.1 Å². The maximum Gasteiger partial charge on any atom is 0.328 e. The summed E-state index contributed by atoms with van der Waals surface area (Å²) in [5, 5.41) is 5.39. The average molecular weight is 441 g/mol. The molecule has 2 atom stereocenters. The van der Waals surface area contributed by atoms with Crippen molar-refractivity contribution in [3.8, 4) is 5.75 Å². The minimum atomic E-state index is -0.889. The van der Waals surface area contributed by atoms with Crippen molar-refractivity contribution < 1.29 is 23.9 Å². The summed E-state index contributed by atoms with van der Waals surface area (Å²) < 4.78 is 10.7. The van der Waals surface area contributed by atoms with E-state index in [-0.39, 0.29) is 18.2 Å². The molecule has 0 aliphatic heterocycles. The Bertz CT molecular complexity index is 898. The summed E-state index contributed by atoms with van der Waals surface area (Å²) in [6.07, 6.45) is 0.692. The van der Waals surface area contributed by atoms with Gasteiger partial charge in [-0.25, -0.2) is 4.79 Å². The second-order valence-electron chi connectivity index (χ2n) is 8.09. The van der Waals surface area contributed by atoms with E-state index >= 15 is 0 Å². The Balaban J connectivity index is 2.08. The van der Waals surface area contributed by atoms with Crippen molar-refractivity contribution in [1.29, 1.82) is 0 Å². The highest BCUT2D eigenvalue weighted by Crippen LogP contribution is 2.17. The van der Waals surface area contributed by atoms with Crippen LogP contribution in [0, 0.1) is 5.92 Å². The van der Waals surface area contributed by atoms with Gasteiger partial charge in [-0.15, -0.1) is 0 Å². The molecule has 0 heterocycles. The topological polar surface area (TPSA) is 93.7 Å². The SMILES string of the molecule is COC(=O)[C@H](Cc1cccc(OCc2ccccc2)c1)NC(=O)[C@H](CC(C)C)NC(C)=O. The molecule has 0 aromatic heterocycles. The number of methoxy groups -OCH3 is 1. The van der Waals surface area contributed by atoms with E-state index in [1.165, 1.54) is 14.0 Å². The Morgan fingerprint density at radius 3 is 2.22 bits per heavy atom. The van der Waals surface area contributed by atoms with Crippen molar-refractivity contribution in [3.63, 3.8) is 0 Å². The third-order valence-electron chi connectivity index (χ3n) is 4.79. The summed E-state index contributed by atoms with van der Waals surface area (Å²) in [4.78, 5) is 36.7. The largest absolute Gasteiger partial charge is 0.489 e. The van der Waals surface area contributed by atoms with Crippen LogP contribution in [0.1, 0.15) is 38.3 Å². The van der Waals surface area contributed by atoms with Crippen molar-refractivity contribution in [2.45, 2.75) is 52.3 Å². The van der Waals surface area contributed by atoms with E-state index < -0.39 is 24.0 Å². The monoisotopic (exact) mass is 440 g/mol. The third-order valence-corrected chi connectivity index (χ3v) is 4.79. The average Bonchev–Trinajstić information content (AvgIpc) is 2.76. The predicted molar refractivity (Wildman–Crippen MR) is 122 cm³/mol. The molecule has 0 radical (unpaired) electrons. The molecular weight excluding hydrogens is 408 g/mol. The molecule has 2 rings (SSSR count). The van der Waals surface area contributed by atoms with E-state index in [4.69, 9.17) is 9.47 Å². The van der Waals surface area contributed by atoms with Gasteiger partial charge in [-0.2, -0.15) is 0 Å². The van der Waals surface area contributed by atoms with Gasteiger partial charge in [0.05, 0.1) is 7.11 Å². The van der Waals surface area contributed by atoms with Gasteiger partial charge in [0.15, 0.2) is 0 Å². The number of rotatable bonds is 11. The summed E-state index contributed by atoms with van der Waals surface area (Å²) in [6, 6.07) is 15.6. The normalized spacial score (nSPS) is 12.5. The summed E-state index contributed by atoms with van der Waals surface area (Å²) in [5.74, 6) is -0.422. The smallest absolute Gasteiger partial charge is 0.328 e. The fraction of sp³-hybridized carbons (Fsp3) is 0.400. The van der Waals surface area contributed by atoms with Crippen LogP contribution in [0.2, 0.25) is 0 Å². The minimum absolute atomic E-state index is 0.188. The van der Waals surface area contributed by atoms with Gasteiger partial charge in [0.2, 0.25) is 11.8 Å². The zero-order valence-corrected chi connectivity index (χ0v) is 19.1. The van der Waals surface area contributed by atoms with Gasteiger partial charge in [-0.3, -0.25) is 9.59 Å². The number of hydrogen-bond donors (Lipinski definition) is 2. The highest BCUT2D eigenvalue weighted by atomic mass is 16.5. The molecule has 7 heteroatoms. The maximum absolute atomic E-state index is 12.8. The molecule has 0 fully saturated rings. The first-order valence-corrected chi connectivity index (χ1v) is 10.7. The Hall–Kier alpha value is -3.35. The lowest BCUT2D eigenvalue weighted by molar-refractivity contribution is -0.145. The number of nitrogens with one attached hydrogen (secondary N) is 2.